The maximum atomic E-state index is 12.8. The van der Waals surface area contributed by atoms with Crippen molar-refractivity contribution in [3.63, 3.8) is 0 Å². The summed E-state index contributed by atoms with van der Waals surface area (Å²) in [4.78, 5) is 25.7. The summed E-state index contributed by atoms with van der Waals surface area (Å²) in [6.07, 6.45) is 1.16. The van der Waals surface area contributed by atoms with E-state index in [-0.39, 0.29) is 17.2 Å². The lowest BCUT2D eigenvalue weighted by molar-refractivity contribution is -0.131. The largest absolute Gasteiger partial charge is 0.325 e. The molecule has 0 unspecified atom stereocenters. The highest BCUT2D eigenvalue weighted by atomic mass is 16.2. The molecule has 0 radical (unpaired) electrons. The molecule has 1 saturated carbocycles. The maximum absolute atomic E-state index is 12.8. The van der Waals surface area contributed by atoms with Gasteiger partial charge in [0.2, 0.25) is 11.8 Å². The van der Waals surface area contributed by atoms with Crippen molar-refractivity contribution in [1.82, 2.24) is 0 Å². The third-order valence-electron chi connectivity index (χ3n) is 5.35. The first-order valence-corrected chi connectivity index (χ1v) is 9.43. The molecule has 2 N–H and O–H groups in total. The normalized spacial score (nSPS) is 15.1. The zero-order chi connectivity index (χ0) is 19.8. The first-order valence-electron chi connectivity index (χ1n) is 9.43. The number of carbonyl (C=O) groups excluding carboxylic acids is 2. The Bertz CT molecular complexity index is 852. The van der Waals surface area contributed by atoms with Gasteiger partial charge in [0.25, 0.3) is 0 Å². The van der Waals surface area contributed by atoms with Crippen molar-refractivity contribution >= 4 is 23.2 Å². The number of rotatable bonds is 4. The van der Waals surface area contributed by atoms with E-state index >= 15 is 0 Å². The number of para-hydroxylation sites is 1. The Balaban J connectivity index is 1.72. The average molecular weight is 364 g/mol. The maximum Gasteiger partial charge on any atom is 0.240 e. The predicted molar refractivity (Wildman–Crippen MR) is 110 cm³/mol. The number of nitrogens with one attached hydrogen (secondary N) is 2. The lowest BCUT2D eigenvalue weighted by atomic mass is 9.87. The van der Waals surface area contributed by atoms with Gasteiger partial charge in [-0.1, -0.05) is 51.1 Å². The summed E-state index contributed by atoms with van der Waals surface area (Å²) in [5, 5.41) is 5.90. The van der Waals surface area contributed by atoms with Crippen LogP contribution in [0.5, 0.6) is 0 Å². The van der Waals surface area contributed by atoms with Crippen LogP contribution in [0.2, 0.25) is 0 Å². The highest BCUT2D eigenvalue weighted by Crippen LogP contribution is 2.47. The lowest BCUT2D eigenvalue weighted by Gasteiger charge is -2.20. The van der Waals surface area contributed by atoms with Crippen LogP contribution in [-0.4, -0.2) is 11.8 Å². The Hall–Kier alpha value is -2.62. The molecule has 1 aliphatic rings. The van der Waals surface area contributed by atoms with E-state index in [1.807, 2.05) is 56.3 Å². The van der Waals surface area contributed by atoms with Crippen molar-refractivity contribution in [3.05, 3.63) is 59.2 Å². The molecular weight excluding hydrogens is 336 g/mol. The van der Waals surface area contributed by atoms with Gasteiger partial charge in [-0.2, -0.15) is 0 Å². The van der Waals surface area contributed by atoms with Gasteiger partial charge in [-0.05, 0) is 60.9 Å². The molecule has 1 fully saturated rings. The van der Waals surface area contributed by atoms with E-state index in [1.165, 1.54) is 5.56 Å². The molecule has 4 heteroatoms. The second-order valence-electron chi connectivity index (χ2n) is 8.58. The molecule has 2 aromatic rings. The van der Waals surface area contributed by atoms with Crippen molar-refractivity contribution in [3.8, 4) is 0 Å². The number of benzene rings is 2. The van der Waals surface area contributed by atoms with Crippen LogP contribution >= 0.6 is 0 Å². The zero-order valence-corrected chi connectivity index (χ0v) is 16.8. The van der Waals surface area contributed by atoms with Gasteiger partial charge in [-0.15, -0.1) is 0 Å². The van der Waals surface area contributed by atoms with Gasteiger partial charge in [0.1, 0.15) is 5.41 Å². The molecule has 0 spiro atoms. The summed E-state index contributed by atoms with van der Waals surface area (Å²) in [5.74, 6) is -0.446. The number of hydrogen-bond donors (Lipinski definition) is 2. The highest BCUT2D eigenvalue weighted by molar-refractivity contribution is 6.17. The molecule has 142 valence electrons. The van der Waals surface area contributed by atoms with E-state index in [4.69, 9.17) is 0 Å². The monoisotopic (exact) mass is 364 g/mol. The van der Waals surface area contributed by atoms with E-state index < -0.39 is 5.41 Å². The molecule has 3 rings (SSSR count). The minimum Gasteiger partial charge on any atom is -0.325 e. The molecule has 0 saturated heterocycles. The molecule has 0 heterocycles. The van der Waals surface area contributed by atoms with E-state index in [0.29, 0.717) is 12.8 Å². The Morgan fingerprint density at radius 3 is 1.85 bits per heavy atom. The van der Waals surface area contributed by atoms with Gasteiger partial charge >= 0.3 is 0 Å². The van der Waals surface area contributed by atoms with Crippen molar-refractivity contribution < 1.29 is 9.59 Å². The number of amides is 2. The third-order valence-corrected chi connectivity index (χ3v) is 5.35. The molecule has 4 nitrogen and oxygen atoms in total. The summed E-state index contributed by atoms with van der Waals surface area (Å²) in [5.41, 5.74) is 3.82. The molecule has 0 bridgehead atoms. The van der Waals surface area contributed by atoms with Crippen molar-refractivity contribution in [2.75, 3.05) is 10.6 Å². The van der Waals surface area contributed by atoms with Crippen LogP contribution < -0.4 is 10.6 Å². The van der Waals surface area contributed by atoms with E-state index in [1.54, 1.807) is 0 Å². The molecular formula is C23H28N2O2. The van der Waals surface area contributed by atoms with Gasteiger partial charge in [0.15, 0.2) is 0 Å². The second kappa shape index (κ2) is 6.84. The molecule has 0 aliphatic heterocycles. The van der Waals surface area contributed by atoms with Crippen LogP contribution in [0.1, 0.15) is 50.3 Å². The average Bonchev–Trinajstić information content (AvgIpc) is 3.40. The van der Waals surface area contributed by atoms with Crippen LogP contribution in [-0.2, 0) is 15.0 Å². The number of carbonyl (C=O) groups is 2. The molecule has 0 aromatic heterocycles. The summed E-state index contributed by atoms with van der Waals surface area (Å²) >= 11 is 0. The molecule has 0 atom stereocenters. The zero-order valence-electron chi connectivity index (χ0n) is 16.8. The second-order valence-corrected chi connectivity index (χ2v) is 8.58. The van der Waals surface area contributed by atoms with E-state index in [0.717, 1.165) is 22.5 Å². The van der Waals surface area contributed by atoms with Crippen molar-refractivity contribution in [2.45, 2.75) is 52.9 Å². The fraction of sp³-hybridized carbons (Fsp3) is 0.391. The Morgan fingerprint density at radius 1 is 0.852 bits per heavy atom. The first kappa shape index (κ1) is 19.2. The minimum atomic E-state index is -0.961. The number of anilines is 2. The van der Waals surface area contributed by atoms with Crippen molar-refractivity contribution in [2.24, 2.45) is 5.41 Å². The van der Waals surface area contributed by atoms with Gasteiger partial charge in [0, 0.05) is 11.4 Å². The first-order chi connectivity index (χ1) is 12.6. The molecule has 1 aliphatic carbocycles. The minimum absolute atomic E-state index is 0.0611. The SMILES string of the molecule is Cc1cccc(C)c1NC(=O)C1(C(=O)Nc2ccc(C(C)(C)C)cc2)CC1. The van der Waals surface area contributed by atoms with Gasteiger partial charge in [0.05, 0.1) is 0 Å². The van der Waals surface area contributed by atoms with Gasteiger partial charge in [-0.3, -0.25) is 9.59 Å². The summed E-state index contributed by atoms with van der Waals surface area (Å²) in [6, 6.07) is 13.7. The third kappa shape index (κ3) is 3.90. The molecule has 2 aromatic carbocycles. The number of aryl methyl sites for hydroxylation is 2. The quantitative estimate of drug-likeness (QED) is 0.754. The Morgan fingerprint density at radius 2 is 1.37 bits per heavy atom. The van der Waals surface area contributed by atoms with Gasteiger partial charge in [-0.25, -0.2) is 0 Å². The predicted octanol–water partition coefficient (Wildman–Crippen LogP) is 4.96. The van der Waals surface area contributed by atoms with Crippen LogP contribution in [0.25, 0.3) is 0 Å². The number of hydrogen-bond acceptors (Lipinski definition) is 2. The summed E-state index contributed by atoms with van der Waals surface area (Å²) < 4.78 is 0. The smallest absolute Gasteiger partial charge is 0.240 e. The lowest BCUT2D eigenvalue weighted by Crippen LogP contribution is -2.36. The highest BCUT2D eigenvalue weighted by Gasteiger charge is 2.56. The summed E-state index contributed by atoms with van der Waals surface area (Å²) in [6.45, 7) is 10.4. The van der Waals surface area contributed by atoms with E-state index in [9.17, 15) is 9.59 Å². The standard InChI is InChI=1S/C23H28N2O2/c1-15-7-6-8-16(2)19(15)25-21(27)23(13-14-23)20(26)24-18-11-9-17(10-12-18)22(3,4)5/h6-12H,13-14H2,1-5H3,(H,24,26)(H,25,27). The Labute approximate surface area is 161 Å². The summed E-state index contributed by atoms with van der Waals surface area (Å²) in [7, 11) is 0. The van der Waals surface area contributed by atoms with E-state index in [2.05, 4.69) is 31.4 Å². The van der Waals surface area contributed by atoms with Crippen LogP contribution in [0.4, 0.5) is 11.4 Å². The van der Waals surface area contributed by atoms with Crippen molar-refractivity contribution in [1.29, 1.82) is 0 Å². The van der Waals surface area contributed by atoms with Crippen LogP contribution in [0.3, 0.4) is 0 Å². The topological polar surface area (TPSA) is 58.2 Å². The molecule has 27 heavy (non-hydrogen) atoms. The van der Waals surface area contributed by atoms with Crippen LogP contribution in [0.15, 0.2) is 42.5 Å². The fourth-order valence-electron chi connectivity index (χ4n) is 3.23. The fourth-order valence-corrected chi connectivity index (χ4v) is 3.23. The van der Waals surface area contributed by atoms with Crippen LogP contribution in [0, 0.1) is 19.3 Å². The van der Waals surface area contributed by atoms with Gasteiger partial charge < -0.3 is 10.6 Å². The molecule has 2 amide bonds. The Kier molecular flexibility index (Phi) is 4.85.